The Balaban J connectivity index is 1.76. The fourth-order valence-corrected chi connectivity index (χ4v) is 5.04. The minimum absolute atomic E-state index is 0.0114. The molecule has 0 fully saturated rings. The highest BCUT2D eigenvalue weighted by Gasteiger charge is 2.26. The van der Waals surface area contributed by atoms with E-state index in [0.717, 1.165) is 33.6 Å². The monoisotopic (exact) mass is 472 g/mol. The van der Waals surface area contributed by atoms with Gasteiger partial charge in [0.2, 0.25) is 5.91 Å². The second kappa shape index (κ2) is 10.1. The van der Waals surface area contributed by atoms with E-state index in [-0.39, 0.29) is 5.91 Å². The largest absolute Gasteiger partial charge is 0.370 e. The fraction of sp³-hybridized carbons (Fsp3) is 0.300. The van der Waals surface area contributed by atoms with Crippen molar-refractivity contribution in [2.45, 2.75) is 46.0 Å². The van der Waals surface area contributed by atoms with Crippen LogP contribution in [-0.2, 0) is 4.79 Å². The predicted octanol–water partition coefficient (Wildman–Crippen LogP) is 7.87. The SMILES string of the molecule is CC(C)c1cccc(C(C)C)c1NC(=O)CC1=C(c2ccccc2)c2cc(Cl)ccc2N(C)C1. The number of nitrogens with one attached hydrogen (secondary N) is 1. The zero-order valence-corrected chi connectivity index (χ0v) is 21.4. The van der Waals surface area contributed by atoms with E-state index in [1.165, 1.54) is 11.1 Å². The molecule has 0 spiro atoms. The molecule has 0 bridgehead atoms. The third kappa shape index (κ3) is 4.90. The van der Waals surface area contributed by atoms with Crippen LogP contribution in [0.3, 0.4) is 0 Å². The average molecular weight is 473 g/mol. The lowest BCUT2D eigenvalue weighted by atomic mass is 9.87. The maximum absolute atomic E-state index is 13.5. The lowest BCUT2D eigenvalue weighted by Gasteiger charge is -2.32. The van der Waals surface area contributed by atoms with Gasteiger partial charge >= 0.3 is 0 Å². The minimum atomic E-state index is 0.0114. The van der Waals surface area contributed by atoms with Gasteiger partial charge in [0.25, 0.3) is 0 Å². The molecule has 0 saturated carbocycles. The number of fused-ring (bicyclic) bond motifs is 1. The first-order chi connectivity index (χ1) is 16.3. The van der Waals surface area contributed by atoms with Crippen LogP contribution in [0.15, 0.2) is 72.3 Å². The Kier molecular flexibility index (Phi) is 7.13. The summed E-state index contributed by atoms with van der Waals surface area (Å²) < 4.78 is 0. The predicted molar refractivity (Wildman–Crippen MR) is 145 cm³/mol. The van der Waals surface area contributed by atoms with Gasteiger partial charge in [-0.05, 0) is 57.9 Å². The maximum Gasteiger partial charge on any atom is 0.228 e. The number of amides is 1. The molecule has 4 rings (SSSR count). The Bertz CT molecular complexity index is 1200. The number of anilines is 2. The number of carbonyl (C=O) groups is 1. The molecular formula is C30H33ClN2O. The third-order valence-corrected chi connectivity index (χ3v) is 6.73. The molecule has 3 aromatic carbocycles. The van der Waals surface area contributed by atoms with E-state index in [0.29, 0.717) is 29.8 Å². The van der Waals surface area contributed by atoms with Gasteiger partial charge in [0, 0.05) is 35.6 Å². The Hall–Kier alpha value is -3.04. The molecule has 0 aliphatic carbocycles. The van der Waals surface area contributed by atoms with Crippen molar-refractivity contribution in [1.29, 1.82) is 0 Å². The molecule has 1 heterocycles. The summed E-state index contributed by atoms with van der Waals surface area (Å²) in [6.45, 7) is 9.36. The van der Waals surface area contributed by atoms with Gasteiger partial charge in [0.1, 0.15) is 0 Å². The number of likely N-dealkylation sites (N-methyl/N-ethyl adjacent to an activating group) is 1. The van der Waals surface area contributed by atoms with Crippen LogP contribution in [-0.4, -0.2) is 19.5 Å². The van der Waals surface area contributed by atoms with E-state index in [9.17, 15) is 4.79 Å². The van der Waals surface area contributed by atoms with Crippen LogP contribution in [0.25, 0.3) is 5.57 Å². The molecule has 0 aromatic heterocycles. The van der Waals surface area contributed by atoms with Crippen molar-refractivity contribution in [1.82, 2.24) is 0 Å². The average Bonchev–Trinajstić information content (AvgIpc) is 2.79. The number of hydrogen-bond acceptors (Lipinski definition) is 2. The lowest BCUT2D eigenvalue weighted by Crippen LogP contribution is -2.28. The van der Waals surface area contributed by atoms with Crippen LogP contribution < -0.4 is 10.2 Å². The third-order valence-electron chi connectivity index (χ3n) is 6.49. The second-order valence-electron chi connectivity index (χ2n) is 9.71. The van der Waals surface area contributed by atoms with Crippen LogP contribution in [0.5, 0.6) is 0 Å². The maximum atomic E-state index is 13.5. The molecule has 176 valence electrons. The Morgan fingerprint density at radius 1 is 0.941 bits per heavy atom. The van der Waals surface area contributed by atoms with E-state index < -0.39 is 0 Å². The molecule has 1 amide bonds. The summed E-state index contributed by atoms with van der Waals surface area (Å²) in [6.07, 6.45) is 0.324. The van der Waals surface area contributed by atoms with Gasteiger partial charge in [-0.25, -0.2) is 0 Å². The highest BCUT2D eigenvalue weighted by molar-refractivity contribution is 6.31. The van der Waals surface area contributed by atoms with Crippen LogP contribution in [0.1, 0.15) is 68.2 Å². The summed E-state index contributed by atoms with van der Waals surface area (Å²) in [5, 5.41) is 3.99. The standard InChI is InChI=1S/C30H33ClN2O/c1-19(2)24-12-9-13-25(20(3)4)30(24)32-28(34)16-22-18-33(5)27-15-14-23(31)17-26(27)29(22)21-10-7-6-8-11-21/h6-15,17,19-20H,16,18H2,1-5H3,(H,32,34). The number of benzene rings is 3. The first-order valence-corrected chi connectivity index (χ1v) is 12.3. The van der Waals surface area contributed by atoms with Crippen molar-refractivity contribution in [3.63, 3.8) is 0 Å². The first-order valence-electron chi connectivity index (χ1n) is 12.0. The smallest absolute Gasteiger partial charge is 0.228 e. The normalized spacial score (nSPS) is 13.5. The van der Waals surface area contributed by atoms with Gasteiger partial charge in [-0.15, -0.1) is 0 Å². The van der Waals surface area contributed by atoms with Crippen LogP contribution in [0.4, 0.5) is 11.4 Å². The van der Waals surface area contributed by atoms with Crippen LogP contribution >= 0.6 is 11.6 Å². The Labute approximate surface area is 208 Å². The number of halogens is 1. The van der Waals surface area contributed by atoms with Crippen molar-refractivity contribution >= 4 is 34.5 Å². The molecule has 0 saturated heterocycles. The summed E-state index contributed by atoms with van der Waals surface area (Å²) in [4.78, 5) is 15.7. The number of nitrogens with zero attached hydrogens (tertiary/aromatic N) is 1. The van der Waals surface area contributed by atoms with Crippen LogP contribution in [0, 0.1) is 0 Å². The highest BCUT2D eigenvalue weighted by Crippen LogP contribution is 2.41. The number of hydrogen-bond donors (Lipinski definition) is 1. The van der Waals surface area contributed by atoms with Crippen molar-refractivity contribution in [3.8, 4) is 0 Å². The zero-order chi connectivity index (χ0) is 24.4. The molecule has 1 aliphatic heterocycles. The molecule has 1 aliphatic rings. The van der Waals surface area contributed by atoms with Crippen molar-refractivity contribution < 1.29 is 4.79 Å². The van der Waals surface area contributed by atoms with E-state index in [1.807, 2.05) is 30.3 Å². The molecule has 3 nitrogen and oxygen atoms in total. The molecule has 3 aromatic rings. The summed E-state index contributed by atoms with van der Waals surface area (Å²) in [6, 6.07) is 22.6. The van der Waals surface area contributed by atoms with Crippen molar-refractivity contribution in [2.75, 3.05) is 23.8 Å². The number of carbonyl (C=O) groups excluding carboxylic acids is 1. The van der Waals surface area contributed by atoms with Crippen LogP contribution in [0.2, 0.25) is 5.02 Å². The summed E-state index contributed by atoms with van der Waals surface area (Å²) in [5.74, 6) is 0.656. The molecule has 1 N–H and O–H groups in total. The quantitative estimate of drug-likeness (QED) is 0.395. The molecular weight excluding hydrogens is 440 g/mol. The van der Waals surface area contributed by atoms with Gasteiger partial charge in [0.15, 0.2) is 0 Å². The molecule has 0 unspecified atom stereocenters. The van der Waals surface area contributed by atoms with Gasteiger partial charge in [-0.1, -0.05) is 87.8 Å². The zero-order valence-electron chi connectivity index (χ0n) is 20.7. The molecule has 34 heavy (non-hydrogen) atoms. The lowest BCUT2D eigenvalue weighted by molar-refractivity contribution is -0.115. The summed E-state index contributed by atoms with van der Waals surface area (Å²) in [7, 11) is 2.07. The Morgan fingerprint density at radius 2 is 1.59 bits per heavy atom. The van der Waals surface area contributed by atoms with E-state index in [1.54, 1.807) is 0 Å². The number of rotatable bonds is 6. The highest BCUT2D eigenvalue weighted by atomic mass is 35.5. The fourth-order valence-electron chi connectivity index (χ4n) is 4.86. The van der Waals surface area contributed by atoms with Gasteiger partial charge in [-0.3, -0.25) is 4.79 Å². The van der Waals surface area contributed by atoms with Crippen molar-refractivity contribution in [3.05, 3.63) is 99.6 Å². The minimum Gasteiger partial charge on any atom is -0.370 e. The number of para-hydroxylation sites is 1. The van der Waals surface area contributed by atoms with E-state index >= 15 is 0 Å². The topological polar surface area (TPSA) is 32.3 Å². The Morgan fingerprint density at radius 3 is 2.21 bits per heavy atom. The molecule has 4 heteroatoms. The van der Waals surface area contributed by atoms with Gasteiger partial charge in [-0.2, -0.15) is 0 Å². The molecule has 0 atom stereocenters. The van der Waals surface area contributed by atoms with E-state index in [2.05, 4.69) is 81.4 Å². The second-order valence-corrected chi connectivity index (χ2v) is 10.1. The summed E-state index contributed by atoms with van der Waals surface area (Å²) >= 11 is 6.41. The van der Waals surface area contributed by atoms with E-state index in [4.69, 9.17) is 11.6 Å². The molecule has 0 radical (unpaired) electrons. The summed E-state index contributed by atoms with van der Waals surface area (Å²) in [5.41, 5.74) is 8.81. The van der Waals surface area contributed by atoms with Gasteiger partial charge < -0.3 is 10.2 Å². The van der Waals surface area contributed by atoms with Gasteiger partial charge in [0.05, 0.1) is 6.42 Å². The van der Waals surface area contributed by atoms with Crippen molar-refractivity contribution in [2.24, 2.45) is 0 Å². The first kappa shape index (κ1) is 24.1.